The van der Waals surface area contributed by atoms with Crippen LogP contribution in [0.2, 0.25) is 0 Å². The third kappa shape index (κ3) is 8.27. The van der Waals surface area contributed by atoms with Gasteiger partial charge in [-0.25, -0.2) is 4.79 Å². The number of rotatable bonds is 7. The van der Waals surface area contributed by atoms with Crippen LogP contribution >= 0.6 is 0 Å². The largest absolute Gasteiger partial charge is 0.497 e. The van der Waals surface area contributed by atoms with Gasteiger partial charge in [0.2, 0.25) is 5.91 Å². The molecule has 0 aliphatic carbocycles. The van der Waals surface area contributed by atoms with Gasteiger partial charge in [-0.05, 0) is 44.5 Å². The summed E-state index contributed by atoms with van der Waals surface area (Å²) >= 11 is 0. The number of benzene rings is 1. The highest BCUT2D eigenvalue weighted by atomic mass is 16.7. The van der Waals surface area contributed by atoms with Crippen LogP contribution in [0, 0.1) is 5.41 Å². The van der Waals surface area contributed by atoms with E-state index in [2.05, 4.69) is 5.32 Å². The van der Waals surface area contributed by atoms with E-state index in [1.54, 1.807) is 21.0 Å². The zero-order valence-corrected chi connectivity index (χ0v) is 18.3. The molecular formula is C21H34N2O7. The number of carboxylic acids is 1. The molecule has 1 fully saturated rings. The molecule has 30 heavy (non-hydrogen) atoms. The molecule has 1 amide bonds. The fraction of sp³-hybridized carbons (Fsp3) is 0.619. The van der Waals surface area contributed by atoms with Crippen molar-refractivity contribution in [3.63, 3.8) is 0 Å². The lowest BCUT2D eigenvalue weighted by atomic mass is 9.86. The normalized spacial score (nSPS) is 20.3. The van der Waals surface area contributed by atoms with Gasteiger partial charge in [0.15, 0.2) is 11.9 Å². The Morgan fingerprint density at radius 3 is 2.53 bits per heavy atom. The number of carbonyl (C=O) groups excluding carboxylic acids is 1. The van der Waals surface area contributed by atoms with Gasteiger partial charge in [-0.1, -0.05) is 26.0 Å². The van der Waals surface area contributed by atoms with Crippen LogP contribution in [0.15, 0.2) is 24.3 Å². The Balaban J connectivity index is 0.000000311. The summed E-state index contributed by atoms with van der Waals surface area (Å²) in [5.41, 5.74) is 5.70. The number of nitrogens with two attached hydrogens (primary N) is 1. The number of methoxy groups -OCH3 is 1. The quantitative estimate of drug-likeness (QED) is 0.511. The molecular weight excluding hydrogens is 392 g/mol. The van der Waals surface area contributed by atoms with Crippen LogP contribution in [-0.4, -0.2) is 60.3 Å². The lowest BCUT2D eigenvalue weighted by Gasteiger charge is -2.43. The minimum atomic E-state index is -1.04. The predicted molar refractivity (Wildman–Crippen MR) is 111 cm³/mol. The van der Waals surface area contributed by atoms with E-state index < -0.39 is 35.3 Å². The summed E-state index contributed by atoms with van der Waals surface area (Å²) in [4.78, 5) is 22.3. The van der Waals surface area contributed by atoms with Crippen LogP contribution in [0.5, 0.6) is 5.75 Å². The summed E-state index contributed by atoms with van der Waals surface area (Å²) in [7, 11) is 1.59. The van der Waals surface area contributed by atoms with Gasteiger partial charge in [0.25, 0.3) is 0 Å². The molecule has 1 unspecified atom stereocenters. The summed E-state index contributed by atoms with van der Waals surface area (Å²) in [6.45, 7) is 8.13. The second-order valence-electron chi connectivity index (χ2n) is 8.18. The van der Waals surface area contributed by atoms with Crippen LogP contribution in [0.25, 0.3) is 0 Å². The van der Waals surface area contributed by atoms with Gasteiger partial charge < -0.3 is 35.5 Å². The molecule has 2 atom stereocenters. The maximum atomic E-state index is 11.4. The number of amides is 1. The van der Waals surface area contributed by atoms with Crippen molar-refractivity contribution >= 4 is 11.9 Å². The number of hydrogen-bond acceptors (Lipinski definition) is 7. The first kappa shape index (κ1) is 25.8. The molecule has 170 valence electrons. The van der Waals surface area contributed by atoms with E-state index in [4.69, 9.17) is 25.1 Å². The predicted octanol–water partition coefficient (Wildman–Crippen LogP) is 1.27. The van der Waals surface area contributed by atoms with Gasteiger partial charge in [0.1, 0.15) is 11.9 Å². The van der Waals surface area contributed by atoms with Crippen molar-refractivity contribution in [2.75, 3.05) is 20.3 Å². The standard InChI is InChI=1S/C12H18N2O3.C9H16O4/c1-17-10-4-2-3-9(7-10)8-14-12(16)11(15)5-6-13;1-8(2)5-12-9(3,4)13-6(8)7(10)11/h2-4,7,11,15H,5-6,8,13H2,1H3,(H,14,16);6H,5H2,1-4H3,(H,10,11)/t;6-/m.0/s1. The molecule has 2 rings (SSSR count). The van der Waals surface area contributed by atoms with Gasteiger partial charge in [0, 0.05) is 12.0 Å². The first-order valence-electron chi connectivity index (χ1n) is 9.75. The fourth-order valence-corrected chi connectivity index (χ4v) is 2.68. The monoisotopic (exact) mass is 426 g/mol. The van der Waals surface area contributed by atoms with Crippen molar-refractivity contribution in [3.05, 3.63) is 29.8 Å². The molecule has 0 spiro atoms. The zero-order chi connectivity index (χ0) is 22.9. The smallest absolute Gasteiger partial charge is 0.333 e. The van der Waals surface area contributed by atoms with Crippen LogP contribution < -0.4 is 15.8 Å². The molecule has 0 radical (unpaired) electrons. The molecule has 1 aromatic rings. The number of hydrogen-bond donors (Lipinski definition) is 4. The van der Waals surface area contributed by atoms with Gasteiger partial charge >= 0.3 is 5.97 Å². The van der Waals surface area contributed by atoms with E-state index >= 15 is 0 Å². The molecule has 1 saturated heterocycles. The van der Waals surface area contributed by atoms with E-state index in [9.17, 15) is 14.7 Å². The average molecular weight is 427 g/mol. The average Bonchev–Trinajstić information content (AvgIpc) is 2.69. The lowest BCUT2D eigenvalue weighted by Crippen LogP contribution is -2.53. The molecule has 0 bridgehead atoms. The molecule has 1 aliphatic rings. The van der Waals surface area contributed by atoms with E-state index in [1.807, 2.05) is 38.1 Å². The van der Waals surface area contributed by atoms with Gasteiger partial charge in [0.05, 0.1) is 13.7 Å². The van der Waals surface area contributed by atoms with Crippen molar-refractivity contribution in [1.29, 1.82) is 0 Å². The summed E-state index contributed by atoms with van der Waals surface area (Å²) in [5.74, 6) is -1.39. The number of ether oxygens (including phenoxy) is 3. The molecule has 1 aliphatic heterocycles. The van der Waals surface area contributed by atoms with Crippen LogP contribution in [0.4, 0.5) is 0 Å². The zero-order valence-electron chi connectivity index (χ0n) is 18.3. The van der Waals surface area contributed by atoms with Crippen LogP contribution in [-0.2, 0) is 25.6 Å². The van der Waals surface area contributed by atoms with Gasteiger partial charge in [-0.2, -0.15) is 0 Å². The topological polar surface area (TPSA) is 140 Å². The molecule has 9 heteroatoms. The van der Waals surface area contributed by atoms with E-state index in [0.717, 1.165) is 11.3 Å². The minimum absolute atomic E-state index is 0.268. The highest BCUT2D eigenvalue weighted by molar-refractivity contribution is 5.80. The Hall–Kier alpha value is -2.20. The third-order valence-corrected chi connectivity index (χ3v) is 4.47. The van der Waals surface area contributed by atoms with E-state index in [-0.39, 0.29) is 13.0 Å². The number of aliphatic carboxylic acids is 1. The van der Waals surface area contributed by atoms with Crippen molar-refractivity contribution in [2.45, 2.75) is 58.7 Å². The Bertz CT molecular complexity index is 706. The number of nitrogens with one attached hydrogen (secondary N) is 1. The molecule has 1 aromatic carbocycles. The highest BCUT2D eigenvalue weighted by Gasteiger charge is 2.45. The van der Waals surface area contributed by atoms with Gasteiger partial charge in [-0.15, -0.1) is 0 Å². The Kier molecular flexibility index (Phi) is 9.70. The second kappa shape index (κ2) is 11.3. The summed E-state index contributed by atoms with van der Waals surface area (Å²) in [6.07, 6.45) is -1.56. The SMILES string of the molecule is CC1(C)OCC(C)(C)[C@H](C(=O)O)O1.COc1cccc(CNC(=O)C(O)CCN)c1. The second-order valence-corrected chi connectivity index (χ2v) is 8.18. The molecule has 1 heterocycles. The van der Waals surface area contributed by atoms with E-state index in [0.29, 0.717) is 13.2 Å². The number of aliphatic hydroxyl groups excluding tert-OH is 1. The van der Waals surface area contributed by atoms with Crippen molar-refractivity contribution < 1.29 is 34.0 Å². The van der Waals surface area contributed by atoms with Crippen molar-refractivity contribution in [1.82, 2.24) is 5.32 Å². The van der Waals surface area contributed by atoms with Crippen molar-refractivity contribution in [2.24, 2.45) is 11.1 Å². The Labute approximate surface area is 177 Å². The number of aliphatic hydroxyl groups is 1. The van der Waals surface area contributed by atoms with E-state index in [1.165, 1.54) is 0 Å². The maximum absolute atomic E-state index is 11.4. The maximum Gasteiger partial charge on any atom is 0.333 e. The number of carbonyl (C=O) groups is 2. The fourth-order valence-electron chi connectivity index (χ4n) is 2.68. The minimum Gasteiger partial charge on any atom is -0.497 e. The highest BCUT2D eigenvalue weighted by Crippen LogP contribution is 2.34. The Morgan fingerprint density at radius 2 is 2.00 bits per heavy atom. The third-order valence-electron chi connectivity index (χ3n) is 4.47. The molecule has 0 saturated carbocycles. The summed E-state index contributed by atoms with van der Waals surface area (Å²) in [5, 5.41) is 20.9. The van der Waals surface area contributed by atoms with Crippen LogP contribution in [0.1, 0.15) is 39.7 Å². The van der Waals surface area contributed by atoms with Crippen LogP contribution in [0.3, 0.4) is 0 Å². The first-order valence-corrected chi connectivity index (χ1v) is 9.75. The van der Waals surface area contributed by atoms with Crippen molar-refractivity contribution in [3.8, 4) is 5.75 Å². The van der Waals surface area contributed by atoms with Gasteiger partial charge in [-0.3, -0.25) is 4.79 Å². The number of carboxylic acid groups (broad SMARTS) is 1. The molecule has 5 N–H and O–H groups in total. The molecule has 9 nitrogen and oxygen atoms in total. The lowest BCUT2D eigenvalue weighted by molar-refractivity contribution is -0.307. The summed E-state index contributed by atoms with van der Waals surface area (Å²) in [6, 6.07) is 7.37. The summed E-state index contributed by atoms with van der Waals surface area (Å²) < 4.78 is 15.8. The first-order chi connectivity index (χ1) is 13.9. The Morgan fingerprint density at radius 1 is 1.33 bits per heavy atom. The molecule has 0 aromatic heterocycles.